The largest absolute Gasteiger partial charge is 0.549 e. The van der Waals surface area contributed by atoms with Crippen molar-refractivity contribution in [2.75, 3.05) is 39.3 Å². The van der Waals surface area contributed by atoms with Crippen molar-refractivity contribution in [2.45, 2.75) is 121 Å². The Hall–Kier alpha value is -0.600. The molecule has 2 aliphatic rings. The van der Waals surface area contributed by atoms with Crippen LogP contribution in [0, 0.1) is 0 Å². The van der Waals surface area contributed by atoms with Crippen LogP contribution in [0.25, 0.3) is 0 Å². The highest BCUT2D eigenvalue weighted by Gasteiger charge is 2.70. The van der Waals surface area contributed by atoms with Gasteiger partial charge in [0.15, 0.2) is 0 Å². The maximum absolute atomic E-state index is 13.1. The maximum Gasteiger partial charge on any atom is 0.549 e. The van der Waals surface area contributed by atoms with Crippen molar-refractivity contribution >= 4 is 19.9 Å². The molecule has 2 atom stereocenters. The van der Waals surface area contributed by atoms with Gasteiger partial charge in [0.05, 0.1) is 39.3 Å². The van der Waals surface area contributed by atoms with E-state index in [2.05, 4.69) is 13.8 Å². The molecule has 0 N–H and O–H groups in total. The molecule has 0 amide bonds. The Morgan fingerprint density at radius 3 is 1.59 bits per heavy atom. The van der Waals surface area contributed by atoms with E-state index in [1.165, 1.54) is 69.2 Å². The SMILES string of the molecule is CCCCCCC[N+]1(S(=O)(=O)C(F)(F)F)CCCC1S(=O)(=O)C(F)(F)F.CCCCCC[N+]1(CC)CCCC1. The molecule has 0 bridgehead atoms. The fraction of sp³-hybridized carbons (Fsp3) is 1.00. The minimum absolute atomic E-state index is 0.112. The van der Waals surface area contributed by atoms with Gasteiger partial charge in [-0.2, -0.15) is 38.6 Å². The third kappa shape index (κ3) is 8.94. The first-order valence-corrected chi connectivity index (χ1v) is 17.3. The van der Waals surface area contributed by atoms with Crippen LogP contribution in [0.3, 0.4) is 0 Å². The number of sulfone groups is 1. The van der Waals surface area contributed by atoms with E-state index in [0.717, 1.165) is 12.8 Å². The molecule has 2 heterocycles. The average Bonchev–Trinajstić information content (AvgIpc) is 3.50. The van der Waals surface area contributed by atoms with Gasteiger partial charge in [-0.05, 0) is 32.6 Å². The molecule has 39 heavy (non-hydrogen) atoms. The monoisotopic (exact) mass is 618 g/mol. The zero-order valence-electron chi connectivity index (χ0n) is 23.6. The normalized spacial score (nSPS) is 24.0. The van der Waals surface area contributed by atoms with Gasteiger partial charge in [0.1, 0.15) is 0 Å². The topological polar surface area (TPSA) is 68.3 Å². The van der Waals surface area contributed by atoms with Crippen molar-refractivity contribution < 1.29 is 51.5 Å². The number of rotatable bonds is 14. The Bertz CT molecular complexity index is 933. The molecule has 2 saturated heterocycles. The van der Waals surface area contributed by atoms with Gasteiger partial charge in [-0.15, -0.1) is 0 Å². The second kappa shape index (κ2) is 15.0. The van der Waals surface area contributed by atoms with Crippen LogP contribution in [-0.4, -0.2) is 80.9 Å². The number of nitrogens with zero attached hydrogens (tertiary/aromatic N) is 2. The molecule has 2 unspecified atom stereocenters. The molecule has 6 nitrogen and oxygen atoms in total. The third-order valence-corrected chi connectivity index (χ3v) is 12.6. The summed E-state index contributed by atoms with van der Waals surface area (Å²) in [4.78, 5) is 0. The van der Waals surface area contributed by atoms with Gasteiger partial charge in [0.25, 0.3) is 0 Å². The zero-order chi connectivity index (χ0) is 30.0. The fourth-order valence-corrected chi connectivity index (χ4v) is 9.64. The summed E-state index contributed by atoms with van der Waals surface area (Å²) in [6.45, 7) is 10.6. The highest BCUT2D eigenvalue weighted by Crippen LogP contribution is 2.45. The molecular formula is C25H48F6N2O4S2+2. The van der Waals surface area contributed by atoms with Crippen molar-refractivity contribution in [3.8, 4) is 0 Å². The molecule has 0 aromatic rings. The number of unbranched alkanes of at least 4 members (excludes halogenated alkanes) is 7. The summed E-state index contributed by atoms with van der Waals surface area (Å²) in [5.41, 5.74) is -11.7. The summed E-state index contributed by atoms with van der Waals surface area (Å²) in [6, 6.07) is 0. The van der Waals surface area contributed by atoms with E-state index in [0.29, 0.717) is 12.8 Å². The Morgan fingerprint density at radius 2 is 1.13 bits per heavy atom. The summed E-state index contributed by atoms with van der Waals surface area (Å²) < 4.78 is 125. The molecule has 14 heteroatoms. The van der Waals surface area contributed by atoms with E-state index in [4.69, 9.17) is 0 Å². The highest BCUT2D eigenvalue weighted by molar-refractivity contribution is 7.93. The summed E-state index contributed by atoms with van der Waals surface area (Å²) in [5.74, 6) is 0. The van der Waals surface area contributed by atoms with Crippen LogP contribution in [0.1, 0.15) is 104 Å². The minimum atomic E-state index is -6.16. The number of likely N-dealkylation sites (tertiary alicyclic amines) is 2. The lowest BCUT2D eigenvalue weighted by atomic mass is 10.1. The molecule has 2 aliphatic heterocycles. The Labute approximate surface area is 231 Å². The molecule has 2 rings (SSSR count). The van der Waals surface area contributed by atoms with Crippen LogP contribution < -0.4 is 0 Å². The van der Waals surface area contributed by atoms with E-state index in [-0.39, 0.29) is 12.8 Å². The first-order valence-electron chi connectivity index (χ1n) is 14.3. The van der Waals surface area contributed by atoms with Gasteiger partial charge < -0.3 is 4.48 Å². The van der Waals surface area contributed by atoms with Gasteiger partial charge in [0, 0.05) is 25.7 Å². The molecule has 0 spiro atoms. The molecule has 0 aliphatic carbocycles. The van der Waals surface area contributed by atoms with Crippen LogP contribution >= 0.6 is 0 Å². The Morgan fingerprint density at radius 1 is 0.641 bits per heavy atom. The van der Waals surface area contributed by atoms with Crippen molar-refractivity contribution in [2.24, 2.45) is 0 Å². The number of sulfonamides is 1. The lowest BCUT2D eigenvalue weighted by molar-refractivity contribution is -0.915. The van der Waals surface area contributed by atoms with Crippen LogP contribution in [0.5, 0.6) is 0 Å². The lowest BCUT2D eigenvalue weighted by Crippen LogP contribution is -2.63. The van der Waals surface area contributed by atoms with E-state index in [9.17, 15) is 43.2 Å². The molecule has 2 fully saturated rings. The minimum Gasteiger partial charge on any atom is -0.324 e. The van der Waals surface area contributed by atoms with Gasteiger partial charge in [0.2, 0.25) is 5.37 Å². The number of hydrogen-bond donors (Lipinski definition) is 0. The highest BCUT2D eigenvalue weighted by atomic mass is 32.2. The van der Waals surface area contributed by atoms with Crippen LogP contribution in [0.2, 0.25) is 0 Å². The van der Waals surface area contributed by atoms with E-state index in [1.54, 1.807) is 0 Å². The fourth-order valence-electron chi connectivity index (χ4n) is 5.89. The summed E-state index contributed by atoms with van der Waals surface area (Å²) >= 11 is 0. The summed E-state index contributed by atoms with van der Waals surface area (Å²) in [5, 5.41) is -2.69. The van der Waals surface area contributed by atoms with Gasteiger partial charge in [-0.3, -0.25) is 0 Å². The van der Waals surface area contributed by atoms with Crippen molar-refractivity contribution in [3.05, 3.63) is 0 Å². The number of halogens is 6. The Kier molecular flexibility index (Phi) is 14.0. The molecule has 0 saturated carbocycles. The smallest absolute Gasteiger partial charge is 0.324 e. The van der Waals surface area contributed by atoms with Crippen LogP contribution in [0.15, 0.2) is 0 Å². The number of alkyl halides is 6. The number of quaternary nitrogens is 2. The van der Waals surface area contributed by atoms with Gasteiger partial charge in [-0.1, -0.05) is 46.0 Å². The molecule has 0 aromatic carbocycles. The molecular weight excluding hydrogens is 570 g/mol. The Balaban J connectivity index is 0.000000487. The second-order valence-corrected chi connectivity index (χ2v) is 15.2. The molecule has 0 aromatic heterocycles. The van der Waals surface area contributed by atoms with E-state index >= 15 is 0 Å². The van der Waals surface area contributed by atoms with E-state index < -0.39 is 59.6 Å². The summed E-state index contributed by atoms with van der Waals surface area (Å²) in [6.07, 6.45) is 9.81. The second-order valence-electron chi connectivity index (χ2n) is 10.9. The molecule has 0 radical (unpaired) electrons. The summed E-state index contributed by atoms with van der Waals surface area (Å²) in [7, 11) is -12.2. The quantitative estimate of drug-likeness (QED) is 0.121. The van der Waals surface area contributed by atoms with Gasteiger partial charge >= 0.3 is 30.9 Å². The predicted octanol–water partition coefficient (Wildman–Crippen LogP) is 6.87. The number of hydrogen-bond acceptors (Lipinski definition) is 4. The average molecular weight is 619 g/mol. The first kappa shape index (κ1) is 36.4. The van der Waals surface area contributed by atoms with Crippen molar-refractivity contribution in [3.63, 3.8) is 0 Å². The van der Waals surface area contributed by atoms with Crippen LogP contribution in [0.4, 0.5) is 26.3 Å². The predicted molar refractivity (Wildman–Crippen MR) is 141 cm³/mol. The third-order valence-electron chi connectivity index (χ3n) is 8.28. The standard InChI is InChI=1S/C13H22F6NO4S2.C12H26N/c1-2-3-4-5-6-9-20(26(23,24)13(17,18)19)10-7-8-11(20)25(21,22)12(14,15)16;1-3-5-6-7-10-13(4-2)11-8-9-12-13/h11H,2-10H2,1H3;3-12H2,1-2H3/q2*+1. The maximum atomic E-state index is 13.1. The van der Waals surface area contributed by atoms with Crippen molar-refractivity contribution in [1.82, 2.24) is 0 Å². The van der Waals surface area contributed by atoms with Crippen molar-refractivity contribution in [1.29, 1.82) is 0 Å². The lowest BCUT2D eigenvalue weighted by Gasteiger charge is -2.38. The first-order chi connectivity index (χ1) is 18.0. The molecule has 234 valence electrons. The van der Waals surface area contributed by atoms with Gasteiger partial charge in [-0.25, -0.2) is 8.42 Å². The zero-order valence-corrected chi connectivity index (χ0v) is 25.3. The van der Waals surface area contributed by atoms with Crippen LogP contribution in [-0.2, 0) is 19.9 Å². The van der Waals surface area contributed by atoms with E-state index in [1.807, 2.05) is 6.92 Å².